The van der Waals surface area contributed by atoms with Crippen molar-refractivity contribution >= 4 is 17.7 Å². The number of hydrogen-bond donors (Lipinski definition) is 4. The number of nitrogens with one attached hydrogen (secondary N) is 3. The minimum atomic E-state index is -0.908. The molecule has 2 aliphatic rings. The predicted octanol–water partition coefficient (Wildman–Crippen LogP) is 3.30. The van der Waals surface area contributed by atoms with Crippen molar-refractivity contribution in [1.29, 1.82) is 0 Å². The van der Waals surface area contributed by atoms with Crippen molar-refractivity contribution in [3.05, 3.63) is 71.8 Å². The molecule has 1 aliphatic carbocycles. The first-order valence-electron chi connectivity index (χ1n) is 15.0. The average Bonchev–Trinajstić information content (AvgIpc) is 2.95. The molecule has 1 heterocycles. The summed E-state index contributed by atoms with van der Waals surface area (Å²) in [5.74, 6) is 0.345. The van der Waals surface area contributed by atoms with Gasteiger partial charge in [0.1, 0.15) is 0 Å². The maximum atomic E-state index is 13.4. The molecule has 8 heteroatoms. The molecule has 0 bridgehead atoms. The van der Waals surface area contributed by atoms with Gasteiger partial charge < -0.3 is 21.1 Å². The van der Waals surface area contributed by atoms with Gasteiger partial charge >= 0.3 is 0 Å². The topological polar surface area (TPSA) is 111 Å². The zero-order valence-electron chi connectivity index (χ0n) is 24.6. The standard InChI is InChI=1S/C33H46N4O4/c1-33(2,3)36-32(41)28-19-25-16-10-11-17-26(25)21-37(28)22-29(38)27(18-23-12-6-4-7-13-23)35-30(39)20-34-31(40)24-14-8-5-9-15-24/h4-9,12-15,25-29,38H,10-11,16-22H2,1-3H3,(H,34,40)(H,35,39)(H,36,41). The summed E-state index contributed by atoms with van der Waals surface area (Å²) >= 11 is 0. The second-order valence-electron chi connectivity index (χ2n) is 12.7. The van der Waals surface area contributed by atoms with E-state index >= 15 is 0 Å². The average molecular weight is 563 g/mol. The first kappa shape index (κ1) is 30.7. The van der Waals surface area contributed by atoms with Crippen molar-refractivity contribution in [3.8, 4) is 0 Å². The van der Waals surface area contributed by atoms with E-state index in [9.17, 15) is 19.5 Å². The fraction of sp³-hybridized carbons (Fsp3) is 0.545. The van der Waals surface area contributed by atoms with Crippen molar-refractivity contribution in [1.82, 2.24) is 20.9 Å². The lowest BCUT2D eigenvalue weighted by Gasteiger charge is -2.47. The molecule has 4 N–H and O–H groups in total. The van der Waals surface area contributed by atoms with Gasteiger partial charge in [0.2, 0.25) is 11.8 Å². The molecule has 0 aromatic heterocycles. The molecule has 1 saturated heterocycles. The number of rotatable bonds is 10. The zero-order chi connectivity index (χ0) is 29.4. The van der Waals surface area contributed by atoms with E-state index in [0.717, 1.165) is 31.4 Å². The highest BCUT2D eigenvalue weighted by molar-refractivity contribution is 5.96. The minimum absolute atomic E-state index is 0.000919. The van der Waals surface area contributed by atoms with E-state index in [1.807, 2.05) is 57.2 Å². The molecule has 0 radical (unpaired) electrons. The molecule has 3 amide bonds. The quantitative estimate of drug-likeness (QED) is 0.355. The van der Waals surface area contributed by atoms with Gasteiger partial charge in [-0.25, -0.2) is 0 Å². The first-order chi connectivity index (χ1) is 19.6. The van der Waals surface area contributed by atoms with Gasteiger partial charge in [-0.2, -0.15) is 0 Å². The Bertz CT molecular complexity index is 1150. The number of nitrogens with zero attached hydrogens (tertiary/aromatic N) is 1. The summed E-state index contributed by atoms with van der Waals surface area (Å²) in [6, 6.07) is 17.6. The Morgan fingerprint density at radius 3 is 2.24 bits per heavy atom. The Hall–Kier alpha value is -3.23. The minimum Gasteiger partial charge on any atom is -0.390 e. The van der Waals surface area contributed by atoms with Crippen LogP contribution < -0.4 is 16.0 Å². The smallest absolute Gasteiger partial charge is 0.251 e. The highest BCUT2D eigenvalue weighted by Crippen LogP contribution is 2.39. The van der Waals surface area contributed by atoms with Gasteiger partial charge in [0.25, 0.3) is 5.91 Å². The molecule has 2 fully saturated rings. The third kappa shape index (κ3) is 9.13. The van der Waals surface area contributed by atoms with Crippen LogP contribution in [0.1, 0.15) is 68.8 Å². The maximum Gasteiger partial charge on any atom is 0.251 e. The predicted molar refractivity (Wildman–Crippen MR) is 160 cm³/mol. The molecular formula is C33H46N4O4. The zero-order valence-corrected chi connectivity index (χ0v) is 24.6. The van der Waals surface area contributed by atoms with Gasteiger partial charge in [-0.15, -0.1) is 0 Å². The maximum absolute atomic E-state index is 13.4. The highest BCUT2D eigenvalue weighted by atomic mass is 16.3. The van der Waals surface area contributed by atoms with Crippen LogP contribution in [0.2, 0.25) is 0 Å². The summed E-state index contributed by atoms with van der Waals surface area (Å²) < 4.78 is 0. The molecule has 41 heavy (non-hydrogen) atoms. The summed E-state index contributed by atoms with van der Waals surface area (Å²) in [5, 5.41) is 20.4. The first-order valence-corrected chi connectivity index (χ1v) is 15.0. The van der Waals surface area contributed by atoms with Crippen LogP contribution in [0.25, 0.3) is 0 Å². The molecule has 0 spiro atoms. The Morgan fingerprint density at radius 1 is 0.951 bits per heavy atom. The Kier molecular flexibility index (Phi) is 10.6. The highest BCUT2D eigenvalue weighted by Gasteiger charge is 2.41. The third-order valence-corrected chi connectivity index (χ3v) is 8.28. The Labute approximate surface area is 244 Å². The monoisotopic (exact) mass is 562 g/mol. The van der Waals surface area contributed by atoms with Crippen LogP contribution in [0.3, 0.4) is 0 Å². The largest absolute Gasteiger partial charge is 0.390 e. The Balaban J connectivity index is 1.46. The normalized spacial score (nSPS) is 22.6. The Morgan fingerprint density at radius 2 is 1.59 bits per heavy atom. The van der Waals surface area contributed by atoms with Crippen molar-refractivity contribution in [2.45, 2.75) is 83.0 Å². The molecule has 1 aliphatic heterocycles. The van der Waals surface area contributed by atoms with Crippen molar-refractivity contribution in [3.63, 3.8) is 0 Å². The van der Waals surface area contributed by atoms with Gasteiger partial charge in [-0.3, -0.25) is 19.3 Å². The van der Waals surface area contributed by atoms with E-state index in [1.54, 1.807) is 24.3 Å². The van der Waals surface area contributed by atoms with E-state index in [2.05, 4.69) is 20.9 Å². The van der Waals surface area contributed by atoms with Crippen LogP contribution in [-0.2, 0) is 16.0 Å². The number of piperidine rings is 1. The number of benzene rings is 2. The molecule has 222 valence electrons. The van der Waals surface area contributed by atoms with E-state index in [1.165, 1.54) is 12.8 Å². The second-order valence-corrected chi connectivity index (χ2v) is 12.7. The van der Waals surface area contributed by atoms with Crippen molar-refractivity contribution in [2.24, 2.45) is 11.8 Å². The number of amides is 3. The van der Waals surface area contributed by atoms with E-state index in [-0.39, 0.29) is 42.4 Å². The van der Waals surface area contributed by atoms with Gasteiger partial charge in [0.05, 0.1) is 24.7 Å². The van der Waals surface area contributed by atoms with E-state index in [0.29, 0.717) is 23.8 Å². The van der Waals surface area contributed by atoms with Gasteiger partial charge in [-0.1, -0.05) is 67.8 Å². The number of fused-ring (bicyclic) bond motifs is 1. The summed E-state index contributed by atoms with van der Waals surface area (Å²) in [7, 11) is 0. The molecule has 4 rings (SSSR count). The fourth-order valence-corrected chi connectivity index (χ4v) is 6.26. The van der Waals surface area contributed by atoms with Crippen LogP contribution in [0.15, 0.2) is 60.7 Å². The lowest BCUT2D eigenvalue weighted by Crippen LogP contribution is -2.60. The third-order valence-electron chi connectivity index (χ3n) is 8.28. The van der Waals surface area contributed by atoms with Crippen LogP contribution in [0.5, 0.6) is 0 Å². The lowest BCUT2D eigenvalue weighted by molar-refractivity contribution is -0.133. The molecule has 2 aromatic rings. The summed E-state index contributed by atoms with van der Waals surface area (Å²) in [5.41, 5.74) is 1.11. The van der Waals surface area contributed by atoms with Crippen molar-refractivity contribution in [2.75, 3.05) is 19.6 Å². The number of aliphatic hydroxyl groups is 1. The van der Waals surface area contributed by atoms with Gasteiger partial charge in [0.15, 0.2) is 0 Å². The number of likely N-dealkylation sites (tertiary alicyclic amines) is 1. The van der Waals surface area contributed by atoms with Crippen LogP contribution >= 0.6 is 0 Å². The second kappa shape index (κ2) is 14.1. The number of carbonyl (C=O) groups excluding carboxylic acids is 3. The lowest BCUT2D eigenvalue weighted by atomic mass is 9.72. The summed E-state index contributed by atoms with van der Waals surface area (Å²) in [6.45, 7) is 6.80. The molecule has 8 nitrogen and oxygen atoms in total. The van der Waals surface area contributed by atoms with Crippen LogP contribution in [0, 0.1) is 11.8 Å². The van der Waals surface area contributed by atoms with Crippen LogP contribution in [0.4, 0.5) is 0 Å². The molecular weight excluding hydrogens is 516 g/mol. The molecule has 1 saturated carbocycles. The SMILES string of the molecule is CC(C)(C)NC(=O)C1CC2CCCCC2CN1CC(O)C(Cc1ccccc1)NC(=O)CNC(=O)c1ccccc1. The van der Waals surface area contributed by atoms with Crippen molar-refractivity contribution < 1.29 is 19.5 Å². The number of hydrogen-bond acceptors (Lipinski definition) is 5. The molecule has 5 unspecified atom stereocenters. The van der Waals surface area contributed by atoms with E-state index < -0.39 is 12.1 Å². The van der Waals surface area contributed by atoms with Gasteiger partial charge in [-0.05, 0) is 69.6 Å². The van der Waals surface area contributed by atoms with Crippen LogP contribution in [-0.4, -0.2) is 71.1 Å². The number of aliphatic hydroxyl groups excluding tert-OH is 1. The number of β-amino-alcohol motifs (C(OH)–C–C–N with tert-alkyl or cyclic N) is 1. The fourth-order valence-electron chi connectivity index (χ4n) is 6.26. The molecule has 5 atom stereocenters. The van der Waals surface area contributed by atoms with E-state index in [4.69, 9.17) is 0 Å². The number of carbonyl (C=O) groups is 3. The van der Waals surface area contributed by atoms with Gasteiger partial charge in [0, 0.05) is 24.2 Å². The summed E-state index contributed by atoms with van der Waals surface area (Å²) in [6.07, 6.45) is 5.03. The molecule has 2 aromatic carbocycles. The summed E-state index contributed by atoms with van der Waals surface area (Å²) in [4.78, 5) is 41.0.